The third-order valence-corrected chi connectivity index (χ3v) is 5.46. The standard InChI is InChI=1S/C11H22N2O3S.ClH/c12-9-11(4-1-2-5-11)13-17(14,15)8-10-3-6-16-7-10;/h10,13H,1-9,12H2;1H. The highest BCUT2D eigenvalue weighted by atomic mass is 35.5. The summed E-state index contributed by atoms with van der Waals surface area (Å²) in [5, 5.41) is 0. The Morgan fingerprint density at radius 1 is 1.33 bits per heavy atom. The molecule has 0 amide bonds. The molecule has 0 spiro atoms. The summed E-state index contributed by atoms with van der Waals surface area (Å²) < 4.78 is 32.2. The van der Waals surface area contributed by atoms with Gasteiger partial charge in [-0.15, -0.1) is 12.4 Å². The van der Waals surface area contributed by atoms with Gasteiger partial charge in [0.1, 0.15) is 0 Å². The van der Waals surface area contributed by atoms with Gasteiger partial charge in [-0.05, 0) is 25.2 Å². The summed E-state index contributed by atoms with van der Waals surface area (Å²) >= 11 is 0. The van der Waals surface area contributed by atoms with Crippen LogP contribution in [-0.2, 0) is 14.8 Å². The number of rotatable bonds is 5. The summed E-state index contributed by atoms with van der Waals surface area (Å²) in [5.74, 6) is 0.318. The molecular formula is C11H23ClN2O3S. The van der Waals surface area contributed by atoms with Crippen LogP contribution in [0.25, 0.3) is 0 Å². The Labute approximate surface area is 115 Å². The van der Waals surface area contributed by atoms with E-state index in [0.29, 0.717) is 19.8 Å². The average molecular weight is 299 g/mol. The van der Waals surface area contributed by atoms with E-state index in [1.54, 1.807) is 0 Å². The van der Waals surface area contributed by atoms with Crippen LogP contribution in [0, 0.1) is 5.92 Å². The summed E-state index contributed by atoms with van der Waals surface area (Å²) in [6.45, 7) is 1.64. The molecule has 0 aromatic carbocycles. The number of sulfonamides is 1. The summed E-state index contributed by atoms with van der Waals surface area (Å²) in [5.41, 5.74) is 5.36. The zero-order valence-electron chi connectivity index (χ0n) is 10.6. The lowest BCUT2D eigenvalue weighted by atomic mass is 10.0. The fourth-order valence-corrected chi connectivity index (χ4v) is 4.71. The zero-order valence-corrected chi connectivity index (χ0v) is 12.2. The van der Waals surface area contributed by atoms with Gasteiger partial charge in [-0.3, -0.25) is 0 Å². The molecule has 7 heteroatoms. The van der Waals surface area contributed by atoms with Crippen LogP contribution in [0.2, 0.25) is 0 Å². The molecule has 1 atom stereocenters. The van der Waals surface area contributed by atoms with Gasteiger partial charge in [0, 0.05) is 18.7 Å². The highest BCUT2D eigenvalue weighted by Crippen LogP contribution is 2.29. The molecule has 108 valence electrons. The first-order valence-electron chi connectivity index (χ1n) is 6.35. The van der Waals surface area contributed by atoms with Gasteiger partial charge in [0.2, 0.25) is 10.0 Å². The molecule has 2 rings (SSSR count). The Bertz CT molecular complexity index is 349. The molecule has 2 aliphatic rings. The van der Waals surface area contributed by atoms with Crippen LogP contribution < -0.4 is 10.5 Å². The fourth-order valence-electron chi connectivity index (χ4n) is 2.80. The quantitative estimate of drug-likeness (QED) is 0.780. The smallest absolute Gasteiger partial charge is 0.212 e. The van der Waals surface area contributed by atoms with Crippen LogP contribution in [0.15, 0.2) is 0 Å². The number of hydrogen-bond acceptors (Lipinski definition) is 4. The van der Waals surface area contributed by atoms with Crippen molar-refractivity contribution in [2.24, 2.45) is 11.7 Å². The molecule has 18 heavy (non-hydrogen) atoms. The Morgan fingerprint density at radius 3 is 2.50 bits per heavy atom. The Kier molecular flexibility index (Phi) is 5.86. The van der Waals surface area contributed by atoms with Crippen molar-refractivity contribution in [3.05, 3.63) is 0 Å². The van der Waals surface area contributed by atoms with E-state index in [1.807, 2.05) is 0 Å². The van der Waals surface area contributed by atoms with Crippen molar-refractivity contribution < 1.29 is 13.2 Å². The lowest BCUT2D eigenvalue weighted by Crippen LogP contribution is -2.52. The molecule has 0 bridgehead atoms. The van der Waals surface area contributed by atoms with Crippen molar-refractivity contribution >= 4 is 22.4 Å². The van der Waals surface area contributed by atoms with E-state index in [2.05, 4.69) is 4.72 Å². The lowest BCUT2D eigenvalue weighted by Gasteiger charge is -2.28. The minimum atomic E-state index is -3.23. The first kappa shape index (κ1) is 16.2. The van der Waals surface area contributed by atoms with Gasteiger partial charge in [0.15, 0.2) is 0 Å². The van der Waals surface area contributed by atoms with Crippen LogP contribution in [-0.4, -0.2) is 39.5 Å². The zero-order chi connectivity index (χ0) is 12.4. The average Bonchev–Trinajstić information content (AvgIpc) is 2.89. The first-order valence-corrected chi connectivity index (χ1v) is 8.00. The minimum Gasteiger partial charge on any atom is -0.381 e. The van der Waals surface area contributed by atoms with E-state index in [9.17, 15) is 8.42 Å². The number of nitrogens with two attached hydrogens (primary N) is 1. The molecule has 0 aromatic heterocycles. The second kappa shape index (κ2) is 6.52. The van der Waals surface area contributed by atoms with E-state index in [4.69, 9.17) is 10.5 Å². The van der Waals surface area contributed by atoms with Crippen molar-refractivity contribution in [3.63, 3.8) is 0 Å². The molecule has 3 N–H and O–H groups in total. The molecule has 1 saturated carbocycles. The van der Waals surface area contributed by atoms with Crippen LogP contribution in [0.3, 0.4) is 0 Å². The van der Waals surface area contributed by atoms with Gasteiger partial charge in [0.05, 0.1) is 12.4 Å². The third-order valence-electron chi connectivity index (χ3n) is 3.80. The summed E-state index contributed by atoms with van der Waals surface area (Å²) in [7, 11) is -3.23. The maximum Gasteiger partial charge on any atom is 0.212 e. The number of nitrogens with one attached hydrogen (secondary N) is 1. The second-order valence-corrected chi connectivity index (χ2v) is 7.07. The topological polar surface area (TPSA) is 81.4 Å². The molecule has 0 radical (unpaired) electrons. The Morgan fingerprint density at radius 2 is 2.00 bits per heavy atom. The summed E-state index contributed by atoms with van der Waals surface area (Å²) in [6, 6.07) is 0. The molecule has 0 aromatic rings. The number of hydrogen-bond donors (Lipinski definition) is 2. The van der Waals surface area contributed by atoms with E-state index in [-0.39, 0.29) is 29.6 Å². The molecule has 5 nitrogen and oxygen atoms in total. The monoisotopic (exact) mass is 298 g/mol. The van der Waals surface area contributed by atoms with Gasteiger partial charge in [-0.25, -0.2) is 13.1 Å². The highest BCUT2D eigenvalue weighted by molar-refractivity contribution is 7.89. The predicted octanol–water partition coefficient (Wildman–Crippen LogP) is 0.636. The number of ether oxygens (including phenoxy) is 1. The minimum absolute atomic E-state index is 0. The van der Waals surface area contributed by atoms with E-state index in [0.717, 1.165) is 32.1 Å². The molecule has 1 heterocycles. The maximum absolute atomic E-state index is 12.1. The third kappa shape index (κ3) is 4.06. The van der Waals surface area contributed by atoms with Gasteiger partial charge in [0.25, 0.3) is 0 Å². The van der Waals surface area contributed by atoms with Gasteiger partial charge < -0.3 is 10.5 Å². The molecule has 1 unspecified atom stereocenters. The van der Waals surface area contributed by atoms with E-state index >= 15 is 0 Å². The first-order chi connectivity index (χ1) is 8.05. The second-order valence-electron chi connectivity index (χ2n) is 5.30. The summed E-state index contributed by atoms with van der Waals surface area (Å²) in [6.07, 6.45) is 4.70. The van der Waals surface area contributed by atoms with Gasteiger partial charge >= 0.3 is 0 Å². The van der Waals surface area contributed by atoms with Gasteiger partial charge in [-0.2, -0.15) is 0 Å². The SMILES string of the molecule is Cl.NCC1(NS(=O)(=O)CC2CCOC2)CCCC1. The maximum atomic E-state index is 12.1. The molecular weight excluding hydrogens is 276 g/mol. The molecule has 2 fully saturated rings. The van der Waals surface area contributed by atoms with Crippen molar-refractivity contribution in [1.82, 2.24) is 4.72 Å². The molecule has 1 aliphatic carbocycles. The van der Waals surface area contributed by atoms with Crippen molar-refractivity contribution in [3.8, 4) is 0 Å². The molecule has 1 saturated heterocycles. The van der Waals surface area contributed by atoms with E-state index in [1.165, 1.54) is 0 Å². The predicted molar refractivity (Wildman–Crippen MR) is 73.3 cm³/mol. The van der Waals surface area contributed by atoms with Crippen LogP contribution in [0.5, 0.6) is 0 Å². The number of halogens is 1. The normalized spacial score (nSPS) is 27.1. The van der Waals surface area contributed by atoms with Crippen molar-refractivity contribution in [2.45, 2.75) is 37.6 Å². The summed E-state index contributed by atoms with van der Waals surface area (Å²) in [4.78, 5) is 0. The van der Waals surface area contributed by atoms with Crippen LogP contribution in [0.4, 0.5) is 0 Å². The lowest BCUT2D eigenvalue weighted by molar-refractivity contribution is 0.188. The fraction of sp³-hybridized carbons (Fsp3) is 1.00. The Balaban J connectivity index is 0.00000162. The van der Waals surface area contributed by atoms with Crippen molar-refractivity contribution in [2.75, 3.05) is 25.5 Å². The van der Waals surface area contributed by atoms with Gasteiger partial charge in [-0.1, -0.05) is 12.8 Å². The molecule has 1 aliphatic heterocycles. The highest BCUT2D eigenvalue weighted by Gasteiger charge is 2.37. The van der Waals surface area contributed by atoms with E-state index < -0.39 is 10.0 Å². The van der Waals surface area contributed by atoms with Crippen LogP contribution >= 0.6 is 12.4 Å². The Hall–Kier alpha value is 0.120. The largest absolute Gasteiger partial charge is 0.381 e. The van der Waals surface area contributed by atoms with Crippen molar-refractivity contribution in [1.29, 1.82) is 0 Å². The van der Waals surface area contributed by atoms with Crippen LogP contribution in [0.1, 0.15) is 32.1 Å².